The largest absolute Gasteiger partial charge is 0.472 e. The van der Waals surface area contributed by atoms with Crippen LogP contribution in [0.4, 0.5) is 0 Å². The van der Waals surface area contributed by atoms with E-state index in [0.717, 1.165) is 44.9 Å². The molecule has 0 aromatic heterocycles. The molecular formula is C44H88N2O6P+. The number of amides is 1. The molecule has 0 rings (SSSR count). The van der Waals surface area contributed by atoms with E-state index >= 15 is 0 Å². The minimum absolute atomic E-state index is 0.0574. The van der Waals surface area contributed by atoms with Crippen molar-refractivity contribution in [3.05, 3.63) is 24.3 Å². The lowest BCUT2D eigenvalue weighted by molar-refractivity contribution is -0.870. The van der Waals surface area contributed by atoms with Gasteiger partial charge >= 0.3 is 7.82 Å². The van der Waals surface area contributed by atoms with Crippen molar-refractivity contribution in [2.24, 2.45) is 0 Å². The normalized spacial score (nSPS) is 14.6. The van der Waals surface area contributed by atoms with Gasteiger partial charge in [0.1, 0.15) is 13.2 Å². The van der Waals surface area contributed by atoms with Gasteiger partial charge in [0.2, 0.25) is 5.91 Å². The third-order valence-corrected chi connectivity index (χ3v) is 10.9. The molecule has 3 N–H and O–H groups in total. The van der Waals surface area contributed by atoms with Crippen LogP contribution in [0.5, 0.6) is 0 Å². The SMILES string of the molecule is CCC/C=C/CC/C=C/C(O)C(COP(=O)(O)OCC[N+](C)(C)C)NC(=O)CCCCCCCCCCCCCCCCCCCCCCCCCC. The molecule has 8 nitrogen and oxygen atoms in total. The van der Waals surface area contributed by atoms with Gasteiger partial charge in [0, 0.05) is 6.42 Å². The Morgan fingerprint density at radius 1 is 0.623 bits per heavy atom. The van der Waals surface area contributed by atoms with Gasteiger partial charge in [0.15, 0.2) is 0 Å². The Morgan fingerprint density at radius 2 is 1.04 bits per heavy atom. The lowest BCUT2D eigenvalue weighted by atomic mass is 10.0. The van der Waals surface area contributed by atoms with Crippen molar-refractivity contribution in [3.8, 4) is 0 Å². The molecule has 0 saturated carbocycles. The molecule has 0 aliphatic rings. The van der Waals surface area contributed by atoms with Crippen molar-refractivity contribution in [1.82, 2.24) is 5.32 Å². The number of aliphatic hydroxyl groups excluding tert-OH is 1. The molecule has 9 heteroatoms. The Balaban J connectivity index is 4.07. The minimum atomic E-state index is -4.33. The molecule has 1 amide bonds. The molecule has 314 valence electrons. The molecule has 0 heterocycles. The number of quaternary nitrogens is 1. The molecular weight excluding hydrogens is 683 g/mol. The number of likely N-dealkylation sites (N-methyl/N-ethyl adjacent to an activating group) is 1. The van der Waals surface area contributed by atoms with Crippen LogP contribution in [-0.4, -0.2) is 73.4 Å². The summed E-state index contributed by atoms with van der Waals surface area (Å²) in [6, 6.07) is -0.855. The number of aliphatic hydroxyl groups is 1. The number of carbonyl (C=O) groups excluding carboxylic acids is 1. The highest BCUT2D eigenvalue weighted by molar-refractivity contribution is 7.47. The van der Waals surface area contributed by atoms with Gasteiger partial charge in [-0.1, -0.05) is 192 Å². The average Bonchev–Trinajstić information content (AvgIpc) is 3.10. The summed E-state index contributed by atoms with van der Waals surface area (Å²) < 4.78 is 23.4. The minimum Gasteiger partial charge on any atom is -0.387 e. The molecule has 0 bridgehead atoms. The van der Waals surface area contributed by atoms with E-state index in [9.17, 15) is 19.4 Å². The molecule has 3 atom stereocenters. The second-order valence-corrected chi connectivity index (χ2v) is 17.9. The summed E-state index contributed by atoms with van der Waals surface area (Å²) in [5.74, 6) is -0.189. The predicted octanol–water partition coefficient (Wildman–Crippen LogP) is 12.1. The monoisotopic (exact) mass is 772 g/mol. The average molecular weight is 772 g/mol. The summed E-state index contributed by atoms with van der Waals surface area (Å²) in [5, 5.41) is 13.7. The van der Waals surface area contributed by atoms with Crippen LogP contribution in [0.25, 0.3) is 0 Å². The Bertz CT molecular complexity index is 922. The van der Waals surface area contributed by atoms with Crippen LogP contribution in [0.15, 0.2) is 24.3 Å². The summed E-state index contributed by atoms with van der Waals surface area (Å²) >= 11 is 0. The maximum absolute atomic E-state index is 12.8. The van der Waals surface area contributed by atoms with Crippen LogP contribution in [-0.2, 0) is 18.4 Å². The first-order chi connectivity index (χ1) is 25.5. The molecule has 0 aromatic rings. The van der Waals surface area contributed by atoms with Crippen LogP contribution < -0.4 is 5.32 Å². The summed E-state index contributed by atoms with van der Waals surface area (Å²) in [7, 11) is 1.56. The highest BCUT2D eigenvalue weighted by Gasteiger charge is 2.27. The third-order valence-electron chi connectivity index (χ3n) is 9.91. The Labute approximate surface area is 328 Å². The first-order valence-electron chi connectivity index (χ1n) is 22.2. The van der Waals surface area contributed by atoms with E-state index < -0.39 is 20.0 Å². The quantitative estimate of drug-likeness (QED) is 0.0248. The van der Waals surface area contributed by atoms with Crippen molar-refractivity contribution in [1.29, 1.82) is 0 Å². The zero-order valence-electron chi connectivity index (χ0n) is 35.5. The maximum Gasteiger partial charge on any atom is 0.472 e. The van der Waals surface area contributed by atoms with E-state index in [1.165, 1.54) is 135 Å². The van der Waals surface area contributed by atoms with Crippen LogP contribution >= 0.6 is 7.82 Å². The second kappa shape index (κ2) is 36.6. The van der Waals surface area contributed by atoms with Gasteiger partial charge < -0.3 is 19.8 Å². The summed E-state index contributed by atoms with van der Waals surface area (Å²) in [4.78, 5) is 23.0. The zero-order chi connectivity index (χ0) is 39.3. The Morgan fingerprint density at radius 3 is 1.47 bits per heavy atom. The maximum atomic E-state index is 12.8. The Kier molecular flexibility index (Phi) is 35.9. The van der Waals surface area contributed by atoms with Crippen LogP contribution in [0, 0.1) is 0 Å². The molecule has 53 heavy (non-hydrogen) atoms. The van der Waals surface area contributed by atoms with Gasteiger partial charge in [-0.25, -0.2) is 4.57 Å². The molecule has 0 saturated heterocycles. The van der Waals surface area contributed by atoms with E-state index in [-0.39, 0.29) is 19.1 Å². The van der Waals surface area contributed by atoms with Gasteiger partial charge in [-0.2, -0.15) is 0 Å². The molecule has 0 spiro atoms. The predicted molar refractivity (Wildman–Crippen MR) is 226 cm³/mol. The summed E-state index contributed by atoms with van der Waals surface area (Å²) in [5.41, 5.74) is 0. The van der Waals surface area contributed by atoms with Crippen LogP contribution in [0.1, 0.15) is 200 Å². The molecule has 0 aliphatic heterocycles. The standard InChI is InChI=1S/C44H87N2O6P/c1-6-8-10-12-14-15-16-17-18-19-20-21-22-23-24-25-26-27-28-29-30-32-34-36-38-44(48)45-42(43(47)37-35-33-31-13-11-9-7-2)41-52-53(49,50)51-40-39-46(3,4)5/h11,13,35,37,42-43,47H,6-10,12,14-34,36,38-41H2,1-5H3,(H-,45,48,49,50)/p+1/b13-11+,37-35+. The molecule has 0 aromatic carbocycles. The number of carbonyl (C=O) groups is 1. The highest BCUT2D eigenvalue weighted by atomic mass is 31.2. The smallest absolute Gasteiger partial charge is 0.387 e. The number of hydrogen-bond donors (Lipinski definition) is 3. The van der Waals surface area contributed by atoms with Crippen molar-refractivity contribution < 1.29 is 32.9 Å². The highest BCUT2D eigenvalue weighted by Crippen LogP contribution is 2.43. The molecule has 0 aliphatic carbocycles. The van der Waals surface area contributed by atoms with Gasteiger partial charge in [-0.3, -0.25) is 13.8 Å². The van der Waals surface area contributed by atoms with E-state index in [4.69, 9.17) is 9.05 Å². The van der Waals surface area contributed by atoms with Crippen molar-refractivity contribution in [3.63, 3.8) is 0 Å². The first-order valence-corrected chi connectivity index (χ1v) is 23.7. The fraction of sp³-hybridized carbons (Fsp3) is 0.886. The first kappa shape index (κ1) is 52.0. The number of allylic oxidation sites excluding steroid dienone is 3. The number of nitrogens with zero attached hydrogens (tertiary/aromatic N) is 1. The van der Waals surface area contributed by atoms with Gasteiger partial charge in [0.25, 0.3) is 0 Å². The lowest BCUT2D eigenvalue weighted by Crippen LogP contribution is -2.45. The van der Waals surface area contributed by atoms with Gasteiger partial charge in [-0.05, 0) is 25.7 Å². The number of nitrogens with one attached hydrogen (secondary N) is 1. The summed E-state index contributed by atoms with van der Waals surface area (Å²) in [6.07, 6.45) is 42.9. The molecule has 0 fully saturated rings. The molecule has 0 radical (unpaired) electrons. The van der Waals surface area contributed by atoms with Crippen molar-refractivity contribution >= 4 is 13.7 Å². The van der Waals surface area contributed by atoms with Crippen LogP contribution in [0.3, 0.4) is 0 Å². The van der Waals surface area contributed by atoms with Crippen molar-refractivity contribution in [2.75, 3.05) is 40.9 Å². The van der Waals surface area contributed by atoms with E-state index in [1.807, 2.05) is 27.2 Å². The number of unbranched alkanes of at least 4 members (excludes halogenated alkanes) is 25. The topological polar surface area (TPSA) is 105 Å². The van der Waals surface area contributed by atoms with Gasteiger partial charge in [0.05, 0.1) is 39.9 Å². The number of phosphoric ester groups is 1. The zero-order valence-corrected chi connectivity index (χ0v) is 36.4. The fourth-order valence-corrected chi connectivity index (χ4v) is 7.09. The van der Waals surface area contributed by atoms with Gasteiger partial charge in [-0.15, -0.1) is 0 Å². The van der Waals surface area contributed by atoms with E-state index in [1.54, 1.807) is 6.08 Å². The lowest BCUT2D eigenvalue weighted by Gasteiger charge is -2.25. The van der Waals surface area contributed by atoms with E-state index in [0.29, 0.717) is 17.4 Å². The second-order valence-electron chi connectivity index (χ2n) is 16.4. The third kappa shape index (κ3) is 39.0. The van der Waals surface area contributed by atoms with Crippen molar-refractivity contribution in [2.45, 2.75) is 212 Å². The fourth-order valence-electron chi connectivity index (χ4n) is 6.36. The Hall–Kier alpha value is -1.02. The van der Waals surface area contributed by atoms with E-state index in [2.05, 4.69) is 31.3 Å². The molecule has 3 unspecified atom stereocenters. The number of rotatable bonds is 40. The summed E-state index contributed by atoms with van der Waals surface area (Å²) in [6.45, 7) is 4.69. The number of hydrogen-bond acceptors (Lipinski definition) is 5. The number of phosphoric acid groups is 1. The van der Waals surface area contributed by atoms with Crippen LogP contribution in [0.2, 0.25) is 0 Å².